The average molecular weight is 439 g/mol. The number of rotatable bonds is 6. The Balaban J connectivity index is 2.07. The Kier molecular flexibility index (Phi) is 6.76. The van der Waals surface area contributed by atoms with Crippen LogP contribution in [0.4, 0.5) is 0 Å². The highest BCUT2D eigenvalue weighted by Gasteiger charge is 2.69. The van der Waals surface area contributed by atoms with Crippen molar-refractivity contribution in [2.45, 2.75) is 116 Å². The molecule has 0 amide bonds. The molecule has 3 aliphatic rings. The third-order valence-electron chi connectivity index (χ3n) is 8.94. The molecule has 30 heavy (non-hydrogen) atoms. The van der Waals surface area contributed by atoms with Crippen LogP contribution in [0.3, 0.4) is 0 Å². The van der Waals surface area contributed by atoms with Gasteiger partial charge in [0.2, 0.25) is 0 Å². The van der Waals surface area contributed by atoms with Gasteiger partial charge in [-0.1, -0.05) is 33.8 Å². The second-order valence-electron chi connectivity index (χ2n) is 12.2. The van der Waals surface area contributed by atoms with E-state index in [-0.39, 0.29) is 52.3 Å². The van der Waals surface area contributed by atoms with Crippen molar-refractivity contribution < 1.29 is 19.0 Å². The van der Waals surface area contributed by atoms with Crippen LogP contribution < -0.4 is 0 Å². The van der Waals surface area contributed by atoms with Crippen LogP contribution in [-0.2, 0) is 13.9 Å². The monoisotopic (exact) mass is 438 g/mol. The van der Waals surface area contributed by atoms with E-state index in [2.05, 4.69) is 61.2 Å². The van der Waals surface area contributed by atoms with Crippen molar-refractivity contribution in [3.8, 4) is 0 Å². The number of ether oxygens (including phenoxy) is 2. The van der Waals surface area contributed by atoms with E-state index in [4.69, 9.17) is 13.9 Å². The maximum absolute atomic E-state index is 11.2. The molecule has 7 atom stereocenters. The summed E-state index contributed by atoms with van der Waals surface area (Å²) in [7, 11) is -1.99. The molecule has 4 nitrogen and oxygen atoms in total. The molecule has 3 rings (SSSR count). The highest BCUT2D eigenvalue weighted by molar-refractivity contribution is 6.74. The fourth-order valence-electron chi connectivity index (χ4n) is 6.41. The summed E-state index contributed by atoms with van der Waals surface area (Å²) in [5.41, 5.74) is -0.386. The zero-order valence-corrected chi connectivity index (χ0v) is 21.7. The van der Waals surface area contributed by atoms with Crippen molar-refractivity contribution in [3.63, 3.8) is 0 Å². The van der Waals surface area contributed by atoms with Gasteiger partial charge in [-0.15, -0.1) is 6.58 Å². The highest BCUT2D eigenvalue weighted by atomic mass is 28.4. The van der Waals surface area contributed by atoms with Crippen molar-refractivity contribution in [2.24, 2.45) is 23.2 Å². The standard InChI is InChI=1S/C25H46O4Si/c1-10-11-13-19(29-30(8,9)23(3,4)5)21-17(2)18(26)16-20-24(6,7)28-22-25(20,21)14-12-15-27-22/h10,17-22,26H,1,11-16H2,2-9H3/t17-,18-,19+,20-,21+,22-,25+/m0/s1. The first-order valence-corrected chi connectivity index (χ1v) is 14.9. The number of aliphatic hydroxyl groups excluding tert-OH is 1. The average Bonchev–Trinajstić information content (AvgIpc) is 2.86. The van der Waals surface area contributed by atoms with E-state index in [1.165, 1.54) is 0 Å². The molecule has 0 aromatic carbocycles. The fourth-order valence-corrected chi connectivity index (χ4v) is 7.78. The third-order valence-corrected chi connectivity index (χ3v) is 13.4. The Bertz CT molecular complexity index is 625. The van der Waals surface area contributed by atoms with Gasteiger partial charge in [-0.2, -0.15) is 0 Å². The van der Waals surface area contributed by atoms with Crippen LogP contribution in [0.15, 0.2) is 12.7 Å². The molecule has 2 aliphatic heterocycles. The van der Waals surface area contributed by atoms with E-state index in [1.54, 1.807) is 0 Å². The fraction of sp³-hybridized carbons (Fsp3) is 0.920. The van der Waals surface area contributed by atoms with Crippen molar-refractivity contribution in [3.05, 3.63) is 12.7 Å². The minimum atomic E-state index is -1.99. The van der Waals surface area contributed by atoms with E-state index in [9.17, 15) is 5.11 Å². The predicted molar refractivity (Wildman–Crippen MR) is 125 cm³/mol. The van der Waals surface area contributed by atoms with Crippen LogP contribution in [0.5, 0.6) is 0 Å². The van der Waals surface area contributed by atoms with Gasteiger partial charge in [0.15, 0.2) is 14.6 Å². The van der Waals surface area contributed by atoms with Crippen molar-refractivity contribution in [2.75, 3.05) is 6.61 Å². The normalized spacial score (nSPS) is 39.8. The van der Waals surface area contributed by atoms with Gasteiger partial charge in [-0.05, 0) is 75.9 Å². The SMILES string of the molecule is C=CCC[C@@H](O[Si](C)(C)C(C)(C)C)[C@H]1[C@@H](C)[C@@H](O)C[C@H]2C(C)(C)O[C@@H]3OCCC[C@]312. The van der Waals surface area contributed by atoms with Gasteiger partial charge < -0.3 is 19.0 Å². The van der Waals surface area contributed by atoms with Gasteiger partial charge in [-0.3, -0.25) is 0 Å². The summed E-state index contributed by atoms with van der Waals surface area (Å²) >= 11 is 0. The molecule has 174 valence electrons. The van der Waals surface area contributed by atoms with Gasteiger partial charge >= 0.3 is 0 Å². The first kappa shape index (κ1) is 24.4. The van der Waals surface area contributed by atoms with Crippen LogP contribution in [0.2, 0.25) is 18.1 Å². The van der Waals surface area contributed by atoms with Gasteiger partial charge in [-0.25, -0.2) is 0 Å². The zero-order chi connectivity index (χ0) is 22.5. The Morgan fingerprint density at radius 2 is 1.97 bits per heavy atom. The minimum absolute atomic E-state index is 0.0815. The van der Waals surface area contributed by atoms with Gasteiger partial charge in [0, 0.05) is 24.0 Å². The topological polar surface area (TPSA) is 47.9 Å². The van der Waals surface area contributed by atoms with Gasteiger partial charge in [0.1, 0.15) is 0 Å². The van der Waals surface area contributed by atoms with Crippen LogP contribution in [0.25, 0.3) is 0 Å². The number of aliphatic hydroxyl groups is 1. The number of hydrogen-bond acceptors (Lipinski definition) is 4. The molecule has 0 aromatic rings. The minimum Gasteiger partial charge on any atom is -0.414 e. The maximum Gasteiger partial charge on any atom is 0.192 e. The van der Waals surface area contributed by atoms with Gasteiger partial charge in [0.25, 0.3) is 0 Å². The second kappa shape index (κ2) is 8.29. The molecule has 1 saturated carbocycles. The summed E-state index contributed by atoms with van der Waals surface area (Å²) in [4.78, 5) is 0. The Morgan fingerprint density at radius 1 is 1.30 bits per heavy atom. The number of hydrogen-bond donors (Lipinski definition) is 1. The summed E-state index contributed by atoms with van der Waals surface area (Å²) < 4.78 is 20.0. The molecule has 1 N–H and O–H groups in total. The van der Waals surface area contributed by atoms with E-state index >= 15 is 0 Å². The lowest BCUT2D eigenvalue weighted by Gasteiger charge is -2.58. The van der Waals surface area contributed by atoms with Crippen molar-refractivity contribution in [1.82, 2.24) is 0 Å². The third kappa shape index (κ3) is 3.98. The molecule has 2 heterocycles. The molecular formula is C25H46O4Si. The molecule has 2 saturated heterocycles. The Hall–Kier alpha value is -0.203. The highest BCUT2D eigenvalue weighted by Crippen LogP contribution is 2.65. The summed E-state index contributed by atoms with van der Waals surface area (Å²) in [5, 5.41) is 11.3. The first-order chi connectivity index (χ1) is 13.8. The zero-order valence-electron chi connectivity index (χ0n) is 20.7. The molecule has 3 fully saturated rings. The van der Waals surface area contributed by atoms with Crippen LogP contribution in [0.1, 0.15) is 73.6 Å². The largest absolute Gasteiger partial charge is 0.414 e. The quantitative estimate of drug-likeness (QED) is 0.414. The van der Waals surface area contributed by atoms with E-state index < -0.39 is 8.32 Å². The molecule has 0 bridgehead atoms. The molecule has 5 heteroatoms. The summed E-state index contributed by atoms with van der Waals surface area (Å²) in [6, 6.07) is 0. The number of allylic oxidation sites excluding steroid dienone is 1. The smallest absolute Gasteiger partial charge is 0.192 e. The van der Waals surface area contributed by atoms with Crippen molar-refractivity contribution in [1.29, 1.82) is 0 Å². The lowest BCUT2D eigenvalue weighted by molar-refractivity contribution is -0.244. The first-order valence-electron chi connectivity index (χ1n) is 12.0. The lowest BCUT2D eigenvalue weighted by atomic mass is 9.50. The Morgan fingerprint density at radius 3 is 2.57 bits per heavy atom. The molecule has 0 unspecified atom stereocenters. The molecular weight excluding hydrogens is 392 g/mol. The lowest BCUT2D eigenvalue weighted by Crippen LogP contribution is -2.61. The maximum atomic E-state index is 11.2. The van der Waals surface area contributed by atoms with Crippen LogP contribution >= 0.6 is 0 Å². The summed E-state index contributed by atoms with van der Waals surface area (Å²) in [6.07, 6.45) is 6.37. The molecule has 0 radical (unpaired) electrons. The Labute approximate surface area is 185 Å². The van der Waals surface area contributed by atoms with Crippen molar-refractivity contribution >= 4 is 8.32 Å². The van der Waals surface area contributed by atoms with Crippen LogP contribution in [0, 0.1) is 23.2 Å². The molecule has 0 aromatic heterocycles. The van der Waals surface area contributed by atoms with E-state index in [1.807, 2.05) is 6.08 Å². The van der Waals surface area contributed by atoms with E-state index in [0.717, 1.165) is 38.7 Å². The molecule has 1 spiro atoms. The predicted octanol–water partition coefficient (Wildman–Crippen LogP) is 5.91. The van der Waals surface area contributed by atoms with Crippen LogP contribution in [-0.4, -0.2) is 44.1 Å². The van der Waals surface area contributed by atoms with E-state index in [0.29, 0.717) is 0 Å². The summed E-state index contributed by atoms with van der Waals surface area (Å²) in [5.74, 6) is 0.649. The van der Waals surface area contributed by atoms with Gasteiger partial charge in [0.05, 0.1) is 11.7 Å². The molecule has 1 aliphatic carbocycles. The second-order valence-corrected chi connectivity index (χ2v) is 16.9. The summed E-state index contributed by atoms with van der Waals surface area (Å²) in [6.45, 7) is 23.0.